The Hall–Kier alpha value is -1.22. The quantitative estimate of drug-likeness (QED) is 0.632. The molecule has 1 rings (SSSR count). The zero-order chi connectivity index (χ0) is 14.6. The molecule has 1 aromatic rings. The minimum Gasteiger partial charge on any atom is -0.494 e. The third-order valence-electron chi connectivity index (χ3n) is 3.38. The van der Waals surface area contributed by atoms with E-state index in [1.54, 1.807) is 0 Å². The van der Waals surface area contributed by atoms with Gasteiger partial charge in [-0.2, -0.15) is 0 Å². The fourth-order valence-electron chi connectivity index (χ4n) is 1.86. The highest BCUT2D eigenvalue weighted by molar-refractivity contribution is 5.31. The molecule has 2 N–H and O–H groups in total. The van der Waals surface area contributed by atoms with E-state index in [0.717, 1.165) is 43.6 Å². The Labute approximate surface area is 123 Å². The zero-order valence-electron chi connectivity index (χ0n) is 13.2. The maximum Gasteiger partial charge on any atom is 0.119 e. The first-order valence-corrected chi connectivity index (χ1v) is 7.95. The van der Waals surface area contributed by atoms with Crippen molar-refractivity contribution in [1.82, 2.24) is 0 Å². The molecule has 0 fully saturated rings. The molecule has 0 amide bonds. The van der Waals surface area contributed by atoms with Crippen molar-refractivity contribution in [2.75, 3.05) is 19.8 Å². The van der Waals surface area contributed by atoms with Crippen LogP contribution < -0.4 is 14.8 Å². The lowest BCUT2D eigenvalue weighted by atomic mass is 10.2. The second-order valence-electron chi connectivity index (χ2n) is 5.29. The molecule has 0 aliphatic heterocycles. The van der Waals surface area contributed by atoms with Crippen molar-refractivity contribution in [3.8, 4) is 11.5 Å². The summed E-state index contributed by atoms with van der Waals surface area (Å²) in [6.45, 7) is 9.38. The predicted molar refractivity (Wildman–Crippen MR) is 83.5 cm³/mol. The van der Waals surface area contributed by atoms with Crippen molar-refractivity contribution < 1.29 is 14.8 Å². The topological polar surface area (TPSA) is 35.1 Å². The molecule has 0 saturated carbocycles. The fraction of sp³-hybridized carbons (Fsp3) is 0.647. The van der Waals surface area contributed by atoms with Crippen LogP contribution in [-0.4, -0.2) is 25.8 Å². The first kappa shape index (κ1) is 16.8. The van der Waals surface area contributed by atoms with Gasteiger partial charge in [-0.15, -0.1) is 0 Å². The van der Waals surface area contributed by atoms with Gasteiger partial charge in [-0.3, -0.25) is 0 Å². The van der Waals surface area contributed by atoms with Gasteiger partial charge in [0.25, 0.3) is 0 Å². The van der Waals surface area contributed by atoms with Crippen molar-refractivity contribution in [1.29, 1.82) is 0 Å². The van der Waals surface area contributed by atoms with Crippen LogP contribution in [0.4, 0.5) is 0 Å². The second kappa shape index (κ2) is 10.6. The summed E-state index contributed by atoms with van der Waals surface area (Å²) in [6, 6.07) is 8.65. The van der Waals surface area contributed by atoms with Gasteiger partial charge in [-0.1, -0.05) is 13.8 Å². The van der Waals surface area contributed by atoms with Crippen LogP contribution in [0.3, 0.4) is 0 Å². The fourth-order valence-corrected chi connectivity index (χ4v) is 1.86. The van der Waals surface area contributed by atoms with Crippen LogP contribution in [0.1, 0.15) is 46.5 Å². The van der Waals surface area contributed by atoms with Crippen molar-refractivity contribution in [3.63, 3.8) is 0 Å². The monoisotopic (exact) mass is 280 g/mol. The second-order valence-corrected chi connectivity index (χ2v) is 5.29. The lowest BCUT2D eigenvalue weighted by Gasteiger charge is -2.09. The Morgan fingerprint density at radius 3 is 2.10 bits per heavy atom. The van der Waals surface area contributed by atoms with Crippen LogP contribution in [0.25, 0.3) is 0 Å². The molecule has 3 heteroatoms. The van der Waals surface area contributed by atoms with E-state index in [-0.39, 0.29) is 0 Å². The highest BCUT2D eigenvalue weighted by Crippen LogP contribution is 2.17. The standard InChI is InChI=1S/C17H29NO2/c1-4-13-19-16-8-10-17(11-9-16)20-14-7-6-12-18-15(3)5-2/h8-11,15,18H,4-7,12-14H2,1-3H3/p+1/t15-/m1/s1. The van der Waals surface area contributed by atoms with E-state index in [0.29, 0.717) is 0 Å². The number of quaternary nitrogens is 1. The van der Waals surface area contributed by atoms with Crippen LogP contribution in [0.2, 0.25) is 0 Å². The Morgan fingerprint density at radius 2 is 1.55 bits per heavy atom. The minimum atomic E-state index is 0.742. The molecule has 0 unspecified atom stereocenters. The maximum absolute atomic E-state index is 5.73. The average molecular weight is 280 g/mol. The van der Waals surface area contributed by atoms with E-state index in [4.69, 9.17) is 9.47 Å². The van der Waals surface area contributed by atoms with Gasteiger partial charge in [-0.05, 0) is 56.9 Å². The van der Waals surface area contributed by atoms with E-state index in [1.165, 1.54) is 19.4 Å². The number of rotatable bonds is 11. The predicted octanol–water partition coefficient (Wildman–Crippen LogP) is 3.00. The summed E-state index contributed by atoms with van der Waals surface area (Å²) in [7, 11) is 0. The molecule has 20 heavy (non-hydrogen) atoms. The Balaban J connectivity index is 2.09. The van der Waals surface area contributed by atoms with E-state index in [1.807, 2.05) is 24.3 Å². The minimum absolute atomic E-state index is 0.742. The van der Waals surface area contributed by atoms with Crippen LogP contribution in [0.15, 0.2) is 24.3 Å². The number of hydrogen-bond acceptors (Lipinski definition) is 2. The third-order valence-corrected chi connectivity index (χ3v) is 3.38. The van der Waals surface area contributed by atoms with Crippen molar-refractivity contribution in [2.45, 2.75) is 52.5 Å². The van der Waals surface area contributed by atoms with Crippen molar-refractivity contribution in [2.24, 2.45) is 0 Å². The summed E-state index contributed by atoms with van der Waals surface area (Å²) in [6.07, 6.45) is 4.60. The normalized spacial score (nSPS) is 12.2. The van der Waals surface area contributed by atoms with Crippen LogP contribution in [-0.2, 0) is 0 Å². The molecule has 1 atom stereocenters. The summed E-state index contributed by atoms with van der Waals surface area (Å²) in [5.41, 5.74) is 0. The van der Waals surface area contributed by atoms with Crippen LogP contribution in [0.5, 0.6) is 11.5 Å². The molecule has 0 radical (unpaired) electrons. The van der Waals surface area contributed by atoms with E-state index in [9.17, 15) is 0 Å². The molecule has 1 aromatic carbocycles. The molecule has 0 heterocycles. The first-order chi connectivity index (χ1) is 9.76. The zero-order valence-corrected chi connectivity index (χ0v) is 13.2. The van der Waals surface area contributed by atoms with Gasteiger partial charge in [0, 0.05) is 0 Å². The molecule has 0 spiro atoms. The molecule has 3 nitrogen and oxygen atoms in total. The Bertz CT molecular complexity index is 337. The molecule has 0 aliphatic rings. The van der Waals surface area contributed by atoms with Gasteiger partial charge >= 0.3 is 0 Å². The van der Waals surface area contributed by atoms with Gasteiger partial charge < -0.3 is 14.8 Å². The summed E-state index contributed by atoms with van der Waals surface area (Å²) < 4.78 is 11.3. The highest BCUT2D eigenvalue weighted by atomic mass is 16.5. The molecule has 114 valence electrons. The number of ether oxygens (including phenoxy) is 2. The summed E-state index contributed by atoms with van der Waals surface area (Å²) >= 11 is 0. The molecule has 0 aliphatic carbocycles. The summed E-state index contributed by atoms with van der Waals surface area (Å²) in [5.74, 6) is 1.85. The van der Waals surface area contributed by atoms with Crippen LogP contribution >= 0.6 is 0 Å². The molecule has 0 bridgehead atoms. The van der Waals surface area contributed by atoms with Crippen molar-refractivity contribution in [3.05, 3.63) is 24.3 Å². The van der Waals surface area contributed by atoms with Gasteiger partial charge in [0.2, 0.25) is 0 Å². The summed E-state index contributed by atoms with van der Waals surface area (Å²) in [4.78, 5) is 0. The lowest BCUT2D eigenvalue weighted by molar-refractivity contribution is -0.686. The molecule has 0 aromatic heterocycles. The maximum atomic E-state index is 5.73. The average Bonchev–Trinajstić information content (AvgIpc) is 2.49. The van der Waals surface area contributed by atoms with Crippen LogP contribution in [0, 0.1) is 0 Å². The number of nitrogens with two attached hydrogens (primary N) is 1. The smallest absolute Gasteiger partial charge is 0.119 e. The van der Waals surface area contributed by atoms with Gasteiger partial charge in [0.15, 0.2) is 0 Å². The van der Waals surface area contributed by atoms with Gasteiger partial charge in [-0.25, -0.2) is 0 Å². The van der Waals surface area contributed by atoms with Gasteiger partial charge in [0.1, 0.15) is 11.5 Å². The van der Waals surface area contributed by atoms with E-state index >= 15 is 0 Å². The van der Waals surface area contributed by atoms with E-state index in [2.05, 4.69) is 26.1 Å². The SMILES string of the molecule is CCCOc1ccc(OCCCC[NH2+][C@H](C)CC)cc1. The Morgan fingerprint density at radius 1 is 0.950 bits per heavy atom. The Kier molecular flexibility index (Phi) is 8.88. The highest BCUT2D eigenvalue weighted by Gasteiger charge is 2.00. The van der Waals surface area contributed by atoms with Crippen molar-refractivity contribution >= 4 is 0 Å². The molecular weight excluding hydrogens is 250 g/mol. The summed E-state index contributed by atoms with van der Waals surface area (Å²) in [5, 5.41) is 2.42. The third kappa shape index (κ3) is 7.39. The molecular formula is C17H30NO2+. The largest absolute Gasteiger partial charge is 0.494 e. The molecule has 0 saturated heterocycles. The number of unbranched alkanes of at least 4 members (excludes halogenated alkanes) is 1. The number of benzene rings is 1. The van der Waals surface area contributed by atoms with E-state index < -0.39 is 0 Å². The lowest BCUT2D eigenvalue weighted by Crippen LogP contribution is -2.89. The first-order valence-electron chi connectivity index (χ1n) is 7.95. The van der Waals surface area contributed by atoms with Gasteiger partial charge in [0.05, 0.1) is 25.8 Å². The number of hydrogen-bond donors (Lipinski definition) is 1.